The lowest BCUT2D eigenvalue weighted by Crippen LogP contribution is -2.33. The molecule has 0 bridgehead atoms. The average Bonchev–Trinajstić information content (AvgIpc) is 3.06. The molecule has 1 aromatic heterocycles. The van der Waals surface area contributed by atoms with Gasteiger partial charge in [-0.2, -0.15) is 18.3 Å². The fraction of sp³-hybridized carbons (Fsp3) is 0.158. The van der Waals surface area contributed by atoms with Crippen LogP contribution >= 0.6 is 0 Å². The van der Waals surface area contributed by atoms with Crippen LogP contribution in [0.1, 0.15) is 11.3 Å². The number of carbonyl (C=O) groups excluding carboxylic acids is 1. The number of aromatic nitrogens is 2. The van der Waals surface area contributed by atoms with E-state index in [1.807, 2.05) is 4.72 Å². The monoisotopic (exact) mass is 456 g/mol. The summed E-state index contributed by atoms with van der Waals surface area (Å²) in [5.41, 5.74) is -0.142. The van der Waals surface area contributed by atoms with Crippen LogP contribution in [0.5, 0.6) is 0 Å². The summed E-state index contributed by atoms with van der Waals surface area (Å²) < 4.78 is 79.4. The maximum atomic E-state index is 13.1. The van der Waals surface area contributed by atoms with E-state index in [-0.39, 0.29) is 5.82 Å². The minimum atomic E-state index is -4.71. The number of hydrogen-bond acceptors (Lipinski definition) is 4. The topological polar surface area (TPSA) is 93.1 Å². The van der Waals surface area contributed by atoms with E-state index >= 15 is 0 Å². The number of hydrogen-bond donors (Lipinski definition) is 2. The first-order valence-electron chi connectivity index (χ1n) is 8.75. The van der Waals surface area contributed by atoms with E-state index in [9.17, 15) is 30.8 Å². The summed E-state index contributed by atoms with van der Waals surface area (Å²) >= 11 is 0. The molecule has 0 radical (unpaired) electrons. The zero-order valence-corrected chi connectivity index (χ0v) is 16.8. The lowest BCUT2D eigenvalue weighted by atomic mass is 10.2. The van der Waals surface area contributed by atoms with Gasteiger partial charge in [0.05, 0.1) is 28.4 Å². The molecule has 0 atom stereocenters. The number of carbonyl (C=O) groups is 1. The van der Waals surface area contributed by atoms with Gasteiger partial charge in [-0.25, -0.2) is 22.2 Å². The summed E-state index contributed by atoms with van der Waals surface area (Å²) in [4.78, 5) is 11.6. The Morgan fingerprint density at radius 2 is 1.77 bits per heavy atom. The minimum absolute atomic E-state index is 0.201. The summed E-state index contributed by atoms with van der Waals surface area (Å²) in [6.07, 6.45) is -4.71. The molecule has 0 spiro atoms. The summed E-state index contributed by atoms with van der Waals surface area (Å²) in [6.45, 7) is 0.929. The average molecular weight is 456 g/mol. The van der Waals surface area contributed by atoms with Crippen molar-refractivity contribution in [2.45, 2.75) is 18.0 Å². The van der Waals surface area contributed by atoms with Crippen molar-refractivity contribution in [2.75, 3.05) is 11.9 Å². The Labute approximate surface area is 174 Å². The van der Waals surface area contributed by atoms with Crippen LogP contribution in [0.4, 0.5) is 23.4 Å². The van der Waals surface area contributed by atoms with Gasteiger partial charge in [-0.05, 0) is 49.4 Å². The Morgan fingerprint density at radius 3 is 2.42 bits per heavy atom. The minimum Gasteiger partial charge on any atom is -0.309 e. The second kappa shape index (κ2) is 8.47. The van der Waals surface area contributed by atoms with Crippen LogP contribution in [0.2, 0.25) is 0 Å². The molecule has 1 amide bonds. The lowest BCUT2D eigenvalue weighted by molar-refractivity contribution is -0.137. The second-order valence-corrected chi connectivity index (χ2v) is 8.22. The molecule has 2 aromatic carbocycles. The van der Waals surface area contributed by atoms with Gasteiger partial charge in [0.15, 0.2) is 0 Å². The van der Waals surface area contributed by atoms with Gasteiger partial charge >= 0.3 is 6.18 Å². The number of amides is 1. The molecule has 0 saturated carbocycles. The predicted molar refractivity (Wildman–Crippen MR) is 104 cm³/mol. The lowest BCUT2D eigenvalue weighted by Gasteiger charge is -2.11. The molecule has 1 heterocycles. The van der Waals surface area contributed by atoms with E-state index in [1.54, 1.807) is 6.92 Å². The molecule has 164 valence electrons. The summed E-state index contributed by atoms with van der Waals surface area (Å²) in [5.74, 6) is -1.03. The Morgan fingerprint density at radius 1 is 1.10 bits per heavy atom. The van der Waals surface area contributed by atoms with Crippen LogP contribution in [0.25, 0.3) is 5.69 Å². The SMILES string of the molecule is Cc1cc(NC(=O)CNS(=O)(=O)c2cccc(C(F)(F)F)c2)n(-c2ccc(F)cc2)n1. The van der Waals surface area contributed by atoms with E-state index in [0.717, 1.165) is 18.2 Å². The van der Waals surface area contributed by atoms with Crippen molar-refractivity contribution < 1.29 is 30.8 Å². The highest BCUT2D eigenvalue weighted by Gasteiger charge is 2.31. The first-order chi connectivity index (χ1) is 14.5. The van der Waals surface area contributed by atoms with Crippen LogP contribution in [-0.4, -0.2) is 30.7 Å². The molecule has 0 saturated heterocycles. The fourth-order valence-corrected chi connectivity index (χ4v) is 3.67. The van der Waals surface area contributed by atoms with Crippen LogP contribution < -0.4 is 10.0 Å². The molecule has 0 unspecified atom stereocenters. The Balaban J connectivity index is 1.72. The molecule has 2 N–H and O–H groups in total. The number of aryl methyl sites for hydroxylation is 1. The standard InChI is InChI=1S/C19H16F4N4O3S/c1-12-9-17(27(26-12)15-7-5-14(20)6-8-15)25-18(28)11-24-31(29,30)16-4-2-3-13(10-16)19(21,22)23/h2-10,24H,11H2,1H3,(H,25,28). The zero-order valence-electron chi connectivity index (χ0n) is 15.9. The third-order valence-electron chi connectivity index (χ3n) is 4.06. The highest BCUT2D eigenvalue weighted by Crippen LogP contribution is 2.30. The molecular weight excluding hydrogens is 440 g/mol. The van der Waals surface area contributed by atoms with Crippen molar-refractivity contribution in [3.63, 3.8) is 0 Å². The molecule has 12 heteroatoms. The van der Waals surface area contributed by atoms with E-state index in [2.05, 4.69) is 10.4 Å². The largest absolute Gasteiger partial charge is 0.416 e. The van der Waals surface area contributed by atoms with Gasteiger partial charge in [0.2, 0.25) is 15.9 Å². The third kappa shape index (κ3) is 5.47. The van der Waals surface area contributed by atoms with E-state index in [0.29, 0.717) is 17.4 Å². The molecule has 31 heavy (non-hydrogen) atoms. The molecular formula is C19H16F4N4O3S. The first-order valence-corrected chi connectivity index (χ1v) is 10.2. The molecule has 0 fully saturated rings. The molecule has 7 nitrogen and oxygen atoms in total. The van der Waals surface area contributed by atoms with Crippen molar-refractivity contribution in [1.29, 1.82) is 0 Å². The molecule has 0 aliphatic heterocycles. The second-order valence-electron chi connectivity index (χ2n) is 6.46. The van der Waals surface area contributed by atoms with E-state index in [4.69, 9.17) is 0 Å². The third-order valence-corrected chi connectivity index (χ3v) is 5.46. The van der Waals surface area contributed by atoms with Gasteiger partial charge in [-0.1, -0.05) is 6.07 Å². The molecule has 3 aromatic rings. The molecule has 0 aliphatic rings. The van der Waals surface area contributed by atoms with Crippen LogP contribution in [0, 0.1) is 12.7 Å². The summed E-state index contributed by atoms with van der Waals surface area (Å²) in [7, 11) is -4.37. The number of sulfonamides is 1. The number of nitrogens with one attached hydrogen (secondary N) is 2. The van der Waals surface area contributed by atoms with E-state index < -0.39 is 44.9 Å². The molecule has 3 rings (SSSR count). The highest BCUT2D eigenvalue weighted by atomic mass is 32.2. The van der Waals surface area contributed by atoms with Gasteiger partial charge in [-0.3, -0.25) is 4.79 Å². The number of anilines is 1. The van der Waals surface area contributed by atoms with Gasteiger partial charge in [0.1, 0.15) is 11.6 Å². The van der Waals surface area contributed by atoms with Crippen molar-refractivity contribution >= 4 is 21.7 Å². The quantitative estimate of drug-likeness (QED) is 0.557. The van der Waals surface area contributed by atoms with Gasteiger partial charge in [-0.15, -0.1) is 0 Å². The smallest absolute Gasteiger partial charge is 0.309 e. The summed E-state index contributed by atoms with van der Waals surface area (Å²) in [6, 6.07) is 9.98. The highest BCUT2D eigenvalue weighted by molar-refractivity contribution is 7.89. The number of nitrogens with zero attached hydrogens (tertiary/aromatic N) is 2. The van der Waals surface area contributed by atoms with E-state index in [1.165, 1.54) is 35.0 Å². The fourth-order valence-electron chi connectivity index (χ4n) is 2.64. The van der Waals surface area contributed by atoms with Gasteiger partial charge < -0.3 is 5.32 Å². The molecule has 0 aliphatic carbocycles. The summed E-state index contributed by atoms with van der Waals surface area (Å²) in [5, 5.41) is 6.65. The van der Waals surface area contributed by atoms with Crippen molar-refractivity contribution in [3.05, 3.63) is 71.7 Å². The normalized spacial score (nSPS) is 12.0. The predicted octanol–water partition coefficient (Wildman–Crippen LogP) is 3.26. The van der Waals surface area contributed by atoms with Crippen molar-refractivity contribution in [1.82, 2.24) is 14.5 Å². The number of alkyl halides is 3. The number of rotatable bonds is 6. The zero-order chi connectivity index (χ0) is 22.8. The number of benzene rings is 2. The number of halogens is 4. The van der Waals surface area contributed by atoms with Gasteiger partial charge in [0, 0.05) is 6.07 Å². The van der Waals surface area contributed by atoms with Crippen molar-refractivity contribution in [3.8, 4) is 5.69 Å². The Hall–Kier alpha value is -3.25. The maximum Gasteiger partial charge on any atom is 0.416 e. The van der Waals surface area contributed by atoms with Gasteiger partial charge in [0.25, 0.3) is 0 Å². The maximum absolute atomic E-state index is 13.1. The van der Waals surface area contributed by atoms with Crippen molar-refractivity contribution in [2.24, 2.45) is 0 Å². The van der Waals surface area contributed by atoms with Crippen LogP contribution in [-0.2, 0) is 21.0 Å². The van der Waals surface area contributed by atoms with Crippen LogP contribution in [0.3, 0.4) is 0 Å². The van der Waals surface area contributed by atoms with Crippen LogP contribution in [0.15, 0.2) is 59.5 Å². The Bertz CT molecular complexity index is 1210. The Kier molecular flexibility index (Phi) is 6.13. The first kappa shape index (κ1) is 22.4.